The van der Waals surface area contributed by atoms with Crippen molar-refractivity contribution in [3.05, 3.63) is 11.4 Å². The second-order valence-electron chi connectivity index (χ2n) is 3.53. The minimum Gasteiger partial charge on any atom is -0.355 e. The van der Waals surface area contributed by atoms with Gasteiger partial charge in [-0.15, -0.1) is 11.3 Å². The molecule has 1 aliphatic rings. The monoisotopic (exact) mass is 227 g/mol. The number of hydrogen-bond acceptors (Lipinski definition) is 5. The van der Waals surface area contributed by atoms with Crippen molar-refractivity contribution in [2.75, 3.05) is 6.54 Å². The van der Waals surface area contributed by atoms with Gasteiger partial charge in [-0.25, -0.2) is 4.99 Å². The minimum absolute atomic E-state index is 0.634. The zero-order valence-electron chi connectivity index (χ0n) is 8.20. The van der Waals surface area contributed by atoms with E-state index in [0.717, 1.165) is 17.5 Å². The molecule has 3 nitrogen and oxygen atoms in total. The number of nitrogens with one attached hydrogen (secondary N) is 2. The van der Waals surface area contributed by atoms with Gasteiger partial charge in [-0.05, 0) is 29.3 Å². The van der Waals surface area contributed by atoms with E-state index in [0.29, 0.717) is 5.92 Å². The number of hydrogen-bond donors (Lipinski definition) is 2. The number of guanidine groups is 1. The molecular weight excluding hydrogens is 214 g/mol. The summed E-state index contributed by atoms with van der Waals surface area (Å²) in [6.07, 6.45) is 0. The SMILES string of the molecule is CC(C)CNC1=Nc2sccc2SN1. The third kappa shape index (κ3) is 2.22. The maximum Gasteiger partial charge on any atom is 0.207 e. The Balaban J connectivity index is 2.02. The molecule has 0 aliphatic carbocycles. The molecule has 1 aromatic heterocycles. The van der Waals surface area contributed by atoms with Gasteiger partial charge in [0.1, 0.15) is 5.00 Å². The Kier molecular flexibility index (Phi) is 2.98. The molecule has 0 atom stereocenters. The lowest BCUT2D eigenvalue weighted by Crippen LogP contribution is -2.36. The summed E-state index contributed by atoms with van der Waals surface area (Å²) in [5.74, 6) is 1.51. The van der Waals surface area contributed by atoms with Crippen LogP contribution < -0.4 is 10.0 Å². The standard InChI is InChI=1S/C9H13N3S2/c1-6(2)5-10-9-11-8-7(14-12-9)3-4-13-8/h3-4,6H,5H2,1-2H3,(H2,10,11,12). The van der Waals surface area contributed by atoms with Crippen LogP contribution in [-0.2, 0) is 0 Å². The highest BCUT2D eigenvalue weighted by atomic mass is 32.2. The molecule has 0 saturated heterocycles. The van der Waals surface area contributed by atoms with Gasteiger partial charge in [0, 0.05) is 6.54 Å². The van der Waals surface area contributed by atoms with Gasteiger partial charge in [0.05, 0.1) is 4.90 Å². The Labute approximate surface area is 92.1 Å². The van der Waals surface area contributed by atoms with Crippen molar-refractivity contribution in [3.63, 3.8) is 0 Å². The van der Waals surface area contributed by atoms with Gasteiger partial charge >= 0.3 is 0 Å². The average Bonchev–Trinajstić information content (AvgIpc) is 2.61. The first-order chi connectivity index (χ1) is 6.75. The van der Waals surface area contributed by atoms with E-state index in [2.05, 4.69) is 40.3 Å². The fraction of sp³-hybridized carbons (Fsp3) is 0.444. The summed E-state index contributed by atoms with van der Waals surface area (Å²) >= 11 is 3.30. The Hall–Kier alpha value is -0.680. The average molecular weight is 227 g/mol. The van der Waals surface area contributed by atoms with Gasteiger partial charge in [0.25, 0.3) is 0 Å². The third-order valence-corrected chi connectivity index (χ3v) is 3.54. The van der Waals surface area contributed by atoms with Gasteiger partial charge < -0.3 is 5.32 Å². The van der Waals surface area contributed by atoms with Crippen LogP contribution in [0.1, 0.15) is 13.8 Å². The Morgan fingerprint density at radius 1 is 1.57 bits per heavy atom. The highest BCUT2D eigenvalue weighted by Crippen LogP contribution is 2.35. The number of thiophene rings is 1. The van der Waals surface area contributed by atoms with E-state index in [1.54, 1.807) is 23.3 Å². The van der Waals surface area contributed by atoms with Gasteiger partial charge in [-0.3, -0.25) is 4.72 Å². The van der Waals surface area contributed by atoms with E-state index >= 15 is 0 Å². The summed E-state index contributed by atoms with van der Waals surface area (Å²) in [4.78, 5) is 5.68. The van der Waals surface area contributed by atoms with Gasteiger partial charge in [-0.2, -0.15) is 0 Å². The molecule has 0 spiro atoms. The summed E-state index contributed by atoms with van der Waals surface area (Å²) in [7, 11) is 0. The molecule has 1 aliphatic heterocycles. The third-order valence-electron chi connectivity index (χ3n) is 1.76. The molecule has 2 rings (SSSR count). The van der Waals surface area contributed by atoms with Crippen LogP contribution in [0.15, 0.2) is 21.3 Å². The Morgan fingerprint density at radius 2 is 2.43 bits per heavy atom. The zero-order valence-corrected chi connectivity index (χ0v) is 9.84. The van der Waals surface area contributed by atoms with Crippen molar-refractivity contribution in [1.29, 1.82) is 0 Å². The molecule has 1 aromatic rings. The lowest BCUT2D eigenvalue weighted by molar-refractivity contribution is 0.621. The van der Waals surface area contributed by atoms with E-state index < -0.39 is 0 Å². The predicted octanol–water partition coefficient (Wildman–Crippen LogP) is 2.59. The molecule has 5 heteroatoms. The molecule has 2 heterocycles. The van der Waals surface area contributed by atoms with Crippen LogP contribution in [0, 0.1) is 5.92 Å². The summed E-state index contributed by atoms with van der Waals surface area (Å²) < 4.78 is 3.18. The topological polar surface area (TPSA) is 36.4 Å². The van der Waals surface area contributed by atoms with Crippen LogP contribution >= 0.6 is 23.3 Å². The first-order valence-electron chi connectivity index (χ1n) is 4.58. The molecule has 0 aromatic carbocycles. The first kappa shape index (κ1) is 9.86. The second kappa shape index (κ2) is 4.23. The van der Waals surface area contributed by atoms with Crippen LogP contribution in [0.4, 0.5) is 5.00 Å². The lowest BCUT2D eigenvalue weighted by atomic mass is 10.2. The second-order valence-corrected chi connectivity index (χ2v) is 5.27. The molecular formula is C9H13N3S2. The lowest BCUT2D eigenvalue weighted by Gasteiger charge is -2.16. The fourth-order valence-electron chi connectivity index (χ4n) is 1.05. The van der Waals surface area contributed by atoms with Gasteiger partial charge in [-0.1, -0.05) is 13.8 Å². The van der Waals surface area contributed by atoms with Crippen molar-refractivity contribution in [2.45, 2.75) is 18.7 Å². The van der Waals surface area contributed by atoms with E-state index in [9.17, 15) is 0 Å². The normalized spacial score (nSPS) is 14.6. The van der Waals surface area contributed by atoms with E-state index in [4.69, 9.17) is 0 Å². The first-order valence-corrected chi connectivity index (χ1v) is 6.28. The maximum atomic E-state index is 4.47. The number of rotatable bonds is 2. The molecule has 0 amide bonds. The smallest absolute Gasteiger partial charge is 0.207 e. The summed E-state index contributed by atoms with van der Waals surface area (Å²) in [5, 5.41) is 6.44. The number of fused-ring (bicyclic) bond motifs is 1. The van der Waals surface area contributed by atoms with Crippen molar-refractivity contribution in [1.82, 2.24) is 10.0 Å². The van der Waals surface area contributed by atoms with Gasteiger partial charge in [0.2, 0.25) is 5.96 Å². The molecule has 0 saturated carbocycles. The zero-order chi connectivity index (χ0) is 9.97. The Bertz CT molecular complexity index is 344. The van der Waals surface area contributed by atoms with Crippen LogP contribution in [0.5, 0.6) is 0 Å². The number of aliphatic imine (C=N–C) groups is 1. The highest BCUT2D eigenvalue weighted by Gasteiger charge is 2.12. The van der Waals surface area contributed by atoms with Crippen molar-refractivity contribution in [2.24, 2.45) is 10.9 Å². The molecule has 14 heavy (non-hydrogen) atoms. The molecule has 76 valence electrons. The summed E-state index contributed by atoms with van der Waals surface area (Å²) in [6.45, 7) is 5.31. The highest BCUT2D eigenvalue weighted by molar-refractivity contribution is 7.98. The van der Waals surface area contributed by atoms with Crippen LogP contribution in [0.3, 0.4) is 0 Å². The predicted molar refractivity (Wildman–Crippen MR) is 63.2 cm³/mol. The summed E-state index contributed by atoms with van der Waals surface area (Å²) in [6, 6.07) is 2.08. The summed E-state index contributed by atoms with van der Waals surface area (Å²) in [5.41, 5.74) is 0. The van der Waals surface area contributed by atoms with E-state index in [-0.39, 0.29) is 0 Å². The quantitative estimate of drug-likeness (QED) is 0.762. The Morgan fingerprint density at radius 3 is 3.21 bits per heavy atom. The fourth-order valence-corrected chi connectivity index (χ4v) is 2.66. The molecule has 2 N–H and O–H groups in total. The molecule has 0 unspecified atom stereocenters. The van der Waals surface area contributed by atoms with Crippen molar-refractivity contribution >= 4 is 34.2 Å². The van der Waals surface area contributed by atoms with Crippen molar-refractivity contribution in [3.8, 4) is 0 Å². The molecule has 0 radical (unpaired) electrons. The maximum absolute atomic E-state index is 4.47. The largest absolute Gasteiger partial charge is 0.355 e. The van der Waals surface area contributed by atoms with Crippen molar-refractivity contribution < 1.29 is 0 Å². The van der Waals surface area contributed by atoms with Crippen LogP contribution in [-0.4, -0.2) is 12.5 Å². The van der Waals surface area contributed by atoms with E-state index in [1.807, 2.05) is 0 Å². The molecule has 0 fully saturated rings. The minimum atomic E-state index is 0.634. The van der Waals surface area contributed by atoms with Crippen LogP contribution in [0.2, 0.25) is 0 Å². The van der Waals surface area contributed by atoms with E-state index in [1.165, 1.54) is 4.90 Å². The van der Waals surface area contributed by atoms with Gasteiger partial charge in [0.15, 0.2) is 0 Å². The van der Waals surface area contributed by atoms with Crippen LogP contribution in [0.25, 0.3) is 0 Å². The number of nitrogens with zero attached hydrogens (tertiary/aromatic N) is 1. The molecule has 0 bridgehead atoms.